The number of rotatable bonds is 11. The van der Waals surface area contributed by atoms with Gasteiger partial charge in [-0.2, -0.15) is 0 Å². The maximum absolute atomic E-state index is 9.05. The van der Waals surface area contributed by atoms with Crippen molar-refractivity contribution >= 4 is 164 Å². The number of aryl methyl sites for hydroxylation is 15. The van der Waals surface area contributed by atoms with Gasteiger partial charge in [0.25, 0.3) is 0 Å². The summed E-state index contributed by atoms with van der Waals surface area (Å²) in [4.78, 5) is 22.5. The molecule has 0 spiro atoms. The second-order valence-corrected chi connectivity index (χ2v) is 40.4. The zero-order valence-electron chi connectivity index (χ0n) is 97.7. The van der Waals surface area contributed by atoms with Crippen molar-refractivity contribution in [2.24, 2.45) is 53.0 Å². The van der Waals surface area contributed by atoms with Gasteiger partial charge in [-0.05, 0) is 276 Å². The van der Waals surface area contributed by atoms with E-state index in [0.29, 0.717) is 45.3 Å². The molecule has 0 radical (unpaired) electrons. The molecule has 728 valence electrons. The molecule has 147 heavy (non-hydrogen) atoms. The van der Waals surface area contributed by atoms with Gasteiger partial charge < -0.3 is 22.1 Å². The third kappa shape index (κ3) is 17.0. The molecule has 0 bridgehead atoms. The third-order valence-electron chi connectivity index (χ3n) is 30.4. The Morgan fingerprint density at radius 1 is 0.293 bits per heavy atom. The third-order valence-corrected chi connectivity index (χ3v) is 30.4. The Kier molecular flexibility index (Phi) is 21.5. The second-order valence-electron chi connectivity index (χ2n) is 40.4. The number of benzene rings is 10. The van der Waals surface area contributed by atoms with E-state index in [0.717, 1.165) is 288 Å². The van der Waals surface area contributed by atoms with Crippen molar-refractivity contribution in [2.45, 2.75) is 160 Å². The van der Waals surface area contributed by atoms with E-state index in [1.165, 1.54) is 17.2 Å². The minimum Gasteiger partial charge on any atom is -0.437 e. The molecule has 0 atom stereocenters. The molecule has 10 aromatic carbocycles. The summed E-state index contributed by atoms with van der Waals surface area (Å²) in [5.74, 6) is 0.00211. The molecule has 15 heteroatoms. The molecular formula is C132H125N10O5+5. The number of hydrogen-bond donors (Lipinski definition) is 0. The van der Waals surface area contributed by atoms with Crippen LogP contribution in [0.15, 0.2) is 308 Å². The molecule has 2 aliphatic rings. The Bertz CT molecular complexity index is 10200. The molecule has 0 saturated heterocycles. The molecule has 2 aliphatic carbocycles. The van der Waals surface area contributed by atoms with Crippen LogP contribution in [0.3, 0.4) is 0 Å². The van der Waals surface area contributed by atoms with Crippen LogP contribution in [0, 0.1) is 86.8 Å². The normalized spacial score (nSPS) is 14.9. The van der Waals surface area contributed by atoms with Crippen LogP contribution < -0.4 is 22.8 Å². The van der Waals surface area contributed by atoms with Crippen molar-refractivity contribution in [1.29, 1.82) is 0 Å². The zero-order valence-corrected chi connectivity index (χ0v) is 85.7. The lowest BCUT2D eigenvalue weighted by atomic mass is 9.84. The van der Waals surface area contributed by atoms with Gasteiger partial charge in [-0.25, -0.2) is 47.8 Å². The lowest BCUT2D eigenvalue weighted by Gasteiger charge is -2.21. The Balaban J connectivity index is 0.000000107. The van der Waals surface area contributed by atoms with E-state index in [1.807, 2.05) is 223 Å². The van der Waals surface area contributed by atoms with Crippen LogP contribution in [0.2, 0.25) is 0 Å². The first-order valence-electron chi connectivity index (χ1n) is 57.2. The quantitative estimate of drug-likeness (QED) is 0.115. The van der Waals surface area contributed by atoms with Crippen molar-refractivity contribution < 1.29 is 61.4 Å². The summed E-state index contributed by atoms with van der Waals surface area (Å²) in [6.45, 7) is 15.7. The van der Waals surface area contributed by atoms with Crippen molar-refractivity contribution in [2.75, 3.05) is 0 Å². The van der Waals surface area contributed by atoms with Gasteiger partial charge in [0.2, 0.25) is 57.0 Å². The van der Waals surface area contributed by atoms with Gasteiger partial charge in [0.1, 0.15) is 35.2 Å². The number of aromatic nitrogens is 10. The van der Waals surface area contributed by atoms with Crippen LogP contribution >= 0.6 is 0 Å². The van der Waals surface area contributed by atoms with Crippen LogP contribution in [0.25, 0.3) is 220 Å². The van der Waals surface area contributed by atoms with Crippen molar-refractivity contribution in [1.82, 2.24) is 24.9 Å². The molecule has 2 saturated carbocycles. The molecule has 15 heterocycles. The van der Waals surface area contributed by atoms with Gasteiger partial charge in [-0.1, -0.05) is 193 Å². The van der Waals surface area contributed by atoms with E-state index >= 15 is 0 Å². The van der Waals surface area contributed by atoms with Crippen molar-refractivity contribution in [3.63, 3.8) is 0 Å². The van der Waals surface area contributed by atoms with E-state index < -0.39 is 32.8 Å². The summed E-state index contributed by atoms with van der Waals surface area (Å²) < 4.78 is 142. The minimum absolute atomic E-state index is 0.0647. The summed E-state index contributed by atoms with van der Waals surface area (Å²) in [6.07, 6.45) is 21.7. The van der Waals surface area contributed by atoms with Gasteiger partial charge in [0.05, 0.1) is 27.8 Å². The molecule has 15 nitrogen and oxygen atoms in total. The number of pyridine rings is 10. The average molecular weight is 1940 g/mol. The molecule has 0 aliphatic heterocycles. The smallest absolute Gasteiger partial charge is 0.227 e. The van der Waals surface area contributed by atoms with E-state index in [4.69, 9.17) is 38.5 Å². The maximum atomic E-state index is 9.05. The van der Waals surface area contributed by atoms with Gasteiger partial charge in [-0.3, -0.25) is 0 Å². The minimum atomic E-state index is -2.16. The van der Waals surface area contributed by atoms with Crippen LogP contribution in [0.5, 0.6) is 0 Å². The summed E-state index contributed by atoms with van der Waals surface area (Å²) in [5, 5.41) is 21.7. The molecule has 15 aromatic heterocycles. The summed E-state index contributed by atoms with van der Waals surface area (Å²) in [6, 6.07) is 77.6. The van der Waals surface area contributed by atoms with Crippen molar-refractivity contribution in [3.05, 3.63) is 359 Å². The average Bonchev–Trinajstić information content (AvgIpc) is 1.60. The van der Waals surface area contributed by atoms with Crippen LogP contribution in [-0.4, -0.2) is 24.9 Å². The number of furan rings is 5. The fraction of sp³-hybridized carbons (Fsp3) is 0.242. The van der Waals surface area contributed by atoms with Gasteiger partial charge in [-0.15, -0.1) is 0 Å². The van der Waals surface area contributed by atoms with E-state index in [9.17, 15) is 0 Å². The maximum Gasteiger partial charge on any atom is 0.227 e. The van der Waals surface area contributed by atoms with Gasteiger partial charge in [0.15, 0.2) is 58.9 Å². The molecule has 25 aromatic rings. The fourth-order valence-electron chi connectivity index (χ4n) is 23.1. The number of fused-ring (bicyclic) bond motifs is 25. The predicted octanol–water partition coefficient (Wildman–Crippen LogP) is 31.3. The van der Waals surface area contributed by atoms with E-state index in [1.54, 1.807) is 37.2 Å². The van der Waals surface area contributed by atoms with Crippen LogP contribution in [0.4, 0.5) is 0 Å². The van der Waals surface area contributed by atoms with E-state index in [-0.39, 0.29) is 17.8 Å². The predicted molar refractivity (Wildman–Crippen MR) is 600 cm³/mol. The van der Waals surface area contributed by atoms with Crippen LogP contribution in [-0.2, 0) is 54.4 Å². The highest BCUT2D eigenvalue weighted by Crippen LogP contribution is 2.50. The van der Waals surface area contributed by atoms with Crippen molar-refractivity contribution in [3.8, 4) is 56.3 Å². The fourth-order valence-corrected chi connectivity index (χ4v) is 23.1. The topological polar surface area (TPSA) is 150 Å². The highest BCUT2D eigenvalue weighted by atomic mass is 16.4. The lowest BCUT2D eigenvalue weighted by Crippen LogP contribution is -2.31. The first-order valence-corrected chi connectivity index (χ1v) is 51.2. The molecule has 27 rings (SSSR count). The van der Waals surface area contributed by atoms with Crippen LogP contribution in [0.1, 0.15) is 161 Å². The molecule has 0 unspecified atom stereocenters. The SMILES string of the molecule is [2H]C([2H])([2H])c1c[n+](C)c(-c2c(C)c3ccccc3c3c2oc2nc(C)ccc23)cc1C.[2H]C([2H])([2H])c1c[n+](C)c(-c2c(C)c3ccccc3c3c2oc2ncccc23)cc1C.[2H]C([2H])(c1cc[n+](C)c(-c2c(C)c3ccccc3c3c2oc2ncccc23)c1)C(C)C.[2H]C([2H])(c1cc[n+](C)c(-c2c(C)c3ccccc3c3c2oc2ncccc23)c1)C1CCCC1.[2H]C([2H])(c1cc[n+](C)c(-c2c(C)c3ccccc3c3c2oc2ncccc23)c1)C1CCCCC1. The highest BCUT2D eigenvalue weighted by molar-refractivity contribution is 6.28. The first-order chi connectivity index (χ1) is 76.2. The summed E-state index contributed by atoms with van der Waals surface area (Å²) in [7, 11) is 9.80. The Labute approximate surface area is 873 Å². The lowest BCUT2D eigenvalue weighted by molar-refractivity contribution is -0.660. The first kappa shape index (κ1) is 81.3. The molecular weight excluding hydrogens is 1810 g/mol. The largest absolute Gasteiger partial charge is 0.437 e. The molecule has 0 amide bonds. The molecule has 2 fully saturated rings. The Morgan fingerprint density at radius 2 is 0.558 bits per heavy atom. The van der Waals surface area contributed by atoms with E-state index in [2.05, 4.69) is 178 Å². The second kappa shape index (κ2) is 38.8. The highest BCUT2D eigenvalue weighted by Gasteiger charge is 2.34. The Morgan fingerprint density at radius 3 is 0.864 bits per heavy atom. The Hall–Kier alpha value is -16.0. The van der Waals surface area contributed by atoms with Gasteiger partial charge in [0, 0.05) is 160 Å². The summed E-state index contributed by atoms with van der Waals surface area (Å²) >= 11 is 0. The monoisotopic (exact) mass is 1940 g/mol. The number of hydrogen-bond acceptors (Lipinski definition) is 10. The van der Waals surface area contributed by atoms with Gasteiger partial charge >= 0.3 is 0 Å². The standard InChI is InChI=1S/C29H29N2O.C28H27N2O.C26H25N2O.C25H23N2O.C24H21N2O/c1-19-22-11-6-7-12-23(22)27-24-13-8-15-30-29(24)32-28(27)26(19)25-18-21(14-16-31(25)2)17-20-9-4-3-5-10-20;1-18-21-10-5-6-11-22(21)26-23-12-7-14-29-28(23)31-27(26)25(18)24-17-20(13-15-30(24)2)16-19-8-3-4-9-19;1-16(2)14-18-11-13-28(4)22(15-18)23-17(3)19-8-5-6-9-20(19)24-21-10-7-12-27-26(21)29-25(23)24;1-14-12-21(27(5)13-15(14)2)22-17(4)18-8-6-7-9-19(18)23-20-11-10-16(3)26-25(20)28-24(22)23;1-14-12-20(26(4)13-15(14)2)21-16(3)17-8-5-6-9-18(17)22-19-10-7-11-25-24(19)27-23(21)22/h6-8,11-16,18,20H,3-5,9-10,17H2,1-2H3;5-7,10-15,17,19H,3-4,8-9,16H2,1-2H3;5-13,15-16H,14H2,1-4H3;6-13H,1-5H3;5-13H,1-4H3/q5*+1/i17D2;16D2;14D2;2*2D3. The summed E-state index contributed by atoms with van der Waals surface area (Å²) in [5.41, 5.74) is 27.5. The number of nitrogens with zero attached hydrogens (tertiary/aromatic N) is 10. The zero-order chi connectivity index (χ0) is 111. The molecule has 0 N–H and O–H groups in total.